The van der Waals surface area contributed by atoms with E-state index in [2.05, 4.69) is 27.7 Å². The Kier molecular flexibility index (Phi) is 3.40. The number of carbonyl (C=O) groups is 1. The van der Waals surface area contributed by atoms with Crippen LogP contribution in [-0.2, 0) is 11.1 Å². The molecular formula is C17H23BO3. The lowest BCUT2D eigenvalue weighted by Gasteiger charge is -2.34. The monoisotopic (exact) mass is 286 g/mol. The summed E-state index contributed by atoms with van der Waals surface area (Å²) in [7, 11) is 0. The molecule has 1 aromatic carbocycles. The van der Waals surface area contributed by atoms with Gasteiger partial charge in [0.1, 0.15) is 12.0 Å². The first-order valence-electron chi connectivity index (χ1n) is 7.77. The molecule has 2 aliphatic rings. The van der Waals surface area contributed by atoms with Crippen LogP contribution < -0.4 is 10.2 Å². The van der Waals surface area contributed by atoms with Crippen molar-refractivity contribution in [2.45, 2.75) is 52.5 Å². The minimum Gasteiger partial charge on any atom is -0.493 e. The molecular weight excluding hydrogens is 263 g/mol. The van der Waals surface area contributed by atoms with Crippen LogP contribution in [0.1, 0.15) is 50.0 Å². The summed E-state index contributed by atoms with van der Waals surface area (Å²) in [6, 6.07) is 4.01. The van der Waals surface area contributed by atoms with Crippen molar-refractivity contribution >= 4 is 18.7 Å². The average Bonchev–Trinajstić information content (AvgIpc) is 2.66. The molecule has 0 bridgehead atoms. The minimum absolute atomic E-state index is 0.0116. The van der Waals surface area contributed by atoms with E-state index in [0.717, 1.165) is 54.4 Å². The van der Waals surface area contributed by atoms with E-state index in [0.29, 0.717) is 0 Å². The Labute approximate surface area is 127 Å². The van der Waals surface area contributed by atoms with E-state index in [9.17, 15) is 4.79 Å². The number of hydrogen-bond donors (Lipinski definition) is 0. The van der Waals surface area contributed by atoms with Gasteiger partial charge in [0.25, 0.3) is 0 Å². The van der Waals surface area contributed by atoms with Crippen LogP contribution >= 0.6 is 0 Å². The van der Waals surface area contributed by atoms with Gasteiger partial charge in [-0.05, 0) is 50.0 Å². The molecule has 0 aliphatic carbocycles. The van der Waals surface area contributed by atoms with Crippen LogP contribution in [0.25, 0.3) is 0 Å². The Morgan fingerprint density at radius 1 is 1.24 bits per heavy atom. The highest BCUT2D eigenvalue weighted by atomic mass is 16.5. The first kappa shape index (κ1) is 14.6. The molecule has 0 radical (unpaired) electrons. The predicted octanol–water partition coefficient (Wildman–Crippen LogP) is 2.86. The van der Waals surface area contributed by atoms with Gasteiger partial charge in [0.05, 0.1) is 12.2 Å². The maximum atomic E-state index is 11.7. The third-order valence-electron chi connectivity index (χ3n) is 5.40. The second kappa shape index (κ2) is 4.87. The number of hydrogen-bond acceptors (Lipinski definition) is 3. The molecule has 21 heavy (non-hydrogen) atoms. The van der Waals surface area contributed by atoms with Crippen molar-refractivity contribution in [2.75, 3.05) is 6.61 Å². The van der Waals surface area contributed by atoms with Gasteiger partial charge in [-0.3, -0.25) is 4.79 Å². The van der Waals surface area contributed by atoms with Crippen molar-refractivity contribution in [3.63, 3.8) is 0 Å². The van der Waals surface area contributed by atoms with Gasteiger partial charge < -0.3 is 9.39 Å². The number of ether oxygens (including phenoxy) is 1. The van der Waals surface area contributed by atoms with Crippen LogP contribution in [0.3, 0.4) is 0 Å². The fourth-order valence-electron chi connectivity index (χ4n) is 3.35. The predicted molar refractivity (Wildman–Crippen MR) is 84.8 cm³/mol. The van der Waals surface area contributed by atoms with Crippen LogP contribution in [-0.4, -0.2) is 25.4 Å². The Morgan fingerprint density at radius 2 is 2.00 bits per heavy atom. The molecule has 0 aromatic heterocycles. The van der Waals surface area contributed by atoms with E-state index in [1.54, 1.807) is 0 Å². The first-order chi connectivity index (χ1) is 9.86. The van der Waals surface area contributed by atoms with E-state index in [4.69, 9.17) is 9.39 Å². The van der Waals surface area contributed by atoms with E-state index < -0.39 is 0 Å². The molecule has 0 N–H and O–H groups in total. The molecule has 1 aromatic rings. The normalized spacial score (nSPS) is 22.6. The highest BCUT2D eigenvalue weighted by Crippen LogP contribution is 2.45. The highest BCUT2D eigenvalue weighted by Gasteiger charge is 2.50. The zero-order valence-corrected chi connectivity index (χ0v) is 13.4. The molecule has 4 heteroatoms. The quantitative estimate of drug-likeness (QED) is 0.619. The van der Waals surface area contributed by atoms with Gasteiger partial charge in [0, 0.05) is 11.1 Å². The molecule has 0 spiro atoms. The third kappa shape index (κ3) is 2.30. The molecule has 112 valence electrons. The molecule has 3 rings (SSSR count). The maximum absolute atomic E-state index is 11.7. The Hall–Kier alpha value is -1.29. The summed E-state index contributed by atoms with van der Waals surface area (Å²) in [6.07, 6.45) is 3.79. The molecule has 1 fully saturated rings. The highest BCUT2D eigenvalue weighted by molar-refractivity contribution is 6.69. The van der Waals surface area contributed by atoms with Crippen molar-refractivity contribution in [1.29, 1.82) is 0 Å². The molecule has 2 aliphatic heterocycles. The number of fused-ring (bicyclic) bond motifs is 1. The van der Waals surface area contributed by atoms with E-state index >= 15 is 0 Å². The first-order valence-corrected chi connectivity index (χ1v) is 7.77. The van der Waals surface area contributed by atoms with Crippen LogP contribution in [0, 0.1) is 5.41 Å². The van der Waals surface area contributed by atoms with Gasteiger partial charge in [0.15, 0.2) is 0 Å². The van der Waals surface area contributed by atoms with Crippen molar-refractivity contribution in [3.8, 4) is 5.75 Å². The smallest absolute Gasteiger partial charge is 0.328 e. The van der Waals surface area contributed by atoms with E-state index in [-0.39, 0.29) is 17.9 Å². The summed E-state index contributed by atoms with van der Waals surface area (Å²) in [5.41, 5.74) is 2.76. The number of benzene rings is 1. The van der Waals surface area contributed by atoms with Gasteiger partial charge in [-0.1, -0.05) is 19.9 Å². The topological polar surface area (TPSA) is 35.5 Å². The maximum Gasteiger partial charge on any atom is 0.328 e. The second-order valence-corrected chi connectivity index (χ2v) is 7.32. The molecule has 0 unspecified atom stereocenters. The Morgan fingerprint density at radius 3 is 2.62 bits per heavy atom. The molecule has 3 nitrogen and oxygen atoms in total. The lowest BCUT2D eigenvalue weighted by Crippen LogP contribution is -2.37. The summed E-state index contributed by atoms with van der Waals surface area (Å²) in [5, 5.41) is 0. The summed E-state index contributed by atoms with van der Waals surface area (Å²) in [4.78, 5) is 11.7. The van der Waals surface area contributed by atoms with Crippen LogP contribution in [0.2, 0.25) is 6.32 Å². The molecule has 1 saturated heterocycles. The average molecular weight is 286 g/mol. The van der Waals surface area contributed by atoms with Gasteiger partial charge in [-0.15, -0.1) is 0 Å². The molecule has 2 heterocycles. The van der Waals surface area contributed by atoms with E-state index in [1.165, 1.54) is 0 Å². The molecule has 0 atom stereocenters. The van der Waals surface area contributed by atoms with Crippen molar-refractivity contribution < 1.29 is 14.2 Å². The van der Waals surface area contributed by atoms with Gasteiger partial charge in [0.2, 0.25) is 0 Å². The third-order valence-corrected chi connectivity index (χ3v) is 5.40. The second-order valence-electron chi connectivity index (χ2n) is 7.32. The zero-order valence-electron chi connectivity index (χ0n) is 13.4. The van der Waals surface area contributed by atoms with E-state index in [1.807, 2.05) is 12.1 Å². The standard InChI is InChI=1S/C17H23BO3/c1-16(2)11-18(21-17(16,3)4)14-7-8-15-12(13(14)10-19)6-5-9-20-15/h7-8,10H,5-6,9,11H2,1-4H3. The SMILES string of the molecule is CC1(C)CB(c2ccc3c(c2C=O)CCCO3)OC1(C)C. The summed E-state index contributed by atoms with van der Waals surface area (Å²) in [5.74, 6) is 0.864. The van der Waals surface area contributed by atoms with Crippen molar-refractivity contribution in [1.82, 2.24) is 0 Å². The minimum atomic E-state index is -0.190. The van der Waals surface area contributed by atoms with Gasteiger partial charge >= 0.3 is 6.92 Å². The lowest BCUT2D eigenvalue weighted by molar-refractivity contribution is 0.0375. The van der Waals surface area contributed by atoms with Crippen molar-refractivity contribution in [2.24, 2.45) is 5.41 Å². The summed E-state index contributed by atoms with van der Waals surface area (Å²) < 4.78 is 11.9. The summed E-state index contributed by atoms with van der Waals surface area (Å²) in [6.45, 7) is 9.46. The number of rotatable bonds is 2. The Balaban J connectivity index is 2.02. The summed E-state index contributed by atoms with van der Waals surface area (Å²) >= 11 is 0. The Bertz CT molecular complexity index is 562. The van der Waals surface area contributed by atoms with Crippen molar-refractivity contribution in [3.05, 3.63) is 23.3 Å². The number of carbonyl (C=O) groups excluding carboxylic acids is 1. The zero-order chi connectivity index (χ0) is 15.3. The van der Waals surface area contributed by atoms with Crippen LogP contribution in [0.5, 0.6) is 5.75 Å². The van der Waals surface area contributed by atoms with Gasteiger partial charge in [-0.25, -0.2) is 0 Å². The molecule has 0 saturated carbocycles. The van der Waals surface area contributed by atoms with Crippen LogP contribution in [0.4, 0.5) is 0 Å². The number of aldehydes is 1. The lowest BCUT2D eigenvalue weighted by atomic mass is 9.53. The fraction of sp³-hybridized carbons (Fsp3) is 0.588. The molecule has 0 amide bonds. The van der Waals surface area contributed by atoms with Gasteiger partial charge in [-0.2, -0.15) is 0 Å². The van der Waals surface area contributed by atoms with Crippen LogP contribution in [0.15, 0.2) is 12.1 Å². The largest absolute Gasteiger partial charge is 0.493 e. The fourth-order valence-corrected chi connectivity index (χ4v) is 3.35.